The number of hydrogen-bond donors (Lipinski definition) is 1. The van der Waals surface area contributed by atoms with Gasteiger partial charge in [-0.05, 0) is 31.5 Å². The number of carbonyl (C=O) groups excluding carboxylic acids is 1. The van der Waals surface area contributed by atoms with Crippen molar-refractivity contribution in [3.05, 3.63) is 65.2 Å². The Morgan fingerprint density at radius 2 is 1.88 bits per heavy atom. The SMILES string of the molecule is Cc1cccc(CS(=O)(=O)C(C)C(=O)Nc2cc(F)ccc2F)c1. The first-order chi connectivity index (χ1) is 11.2. The molecule has 0 aliphatic rings. The van der Waals surface area contributed by atoms with Gasteiger partial charge in [-0.1, -0.05) is 29.8 Å². The van der Waals surface area contributed by atoms with Crippen LogP contribution in [0, 0.1) is 18.6 Å². The van der Waals surface area contributed by atoms with Gasteiger partial charge in [0.05, 0.1) is 11.4 Å². The molecule has 2 aromatic carbocycles. The van der Waals surface area contributed by atoms with E-state index in [1.54, 1.807) is 18.2 Å². The standard InChI is InChI=1S/C17H17F2NO3S/c1-11-4-3-5-13(8-11)10-24(22,23)12(2)17(21)20-16-9-14(18)6-7-15(16)19/h3-9,12H,10H2,1-2H3,(H,20,21). The maximum absolute atomic E-state index is 13.6. The number of rotatable bonds is 5. The summed E-state index contributed by atoms with van der Waals surface area (Å²) in [6, 6.07) is 9.49. The van der Waals surface area contributed by atoms with E-state index in [0.717, 1.165) is 23.8 Å². The summed E-state index contributed by atoms with van der Waals surface area (Å²) < 4.78 is 51.4. The minimum absolute atomic E-state index is 0.311. The quantitative estimate of drug-likeness (QED) is 0.898. The highest BCUT2D eigenvalue weighted by atomic mass is 32.2. The number of hydrogen-bond acceptors (Lipinski definition) is 3. The number of anilines is 1. The average molecular weight is 353 g/mol. The van der Waals surface area contributed by atoms with E-state index in [9.17, 15) is 22.0 Å². The molecular formula is C17H17F2NO3S. The summed E-state index contributed by atoms with van der Waals surface area (Å²) in [4.78, 5) is 12.1. The lowest BCUT2D eigenvalue weighted by atomic mass is 10.2. The number of halogens is 2. The molecule has 1 atom stereocenters. The molecular weight excluding hydrogens is 336 g/mol. The minimum atomic E-state index is -3.80. The Morgan fingerprint density at radius 3 is 2.54 bits per heavy atom. The molecule has 1 amide bonds. The van der Waals surface area contributed by atoms with E-state index in [4.69, 9.17) is 0 Å². The second-order valence-corrected chi connectivity index (χ2v) is 7.87. The van der Waals surface area contributed by atoms with Gasteiger partial charge in [-0.25, -0.2) is 17.2 Å². The Bertz CT molecular complexity index is 866. The molecule has 0 aromatic heterocycles. The summed E-state index contributed by atoms with van der Waals surface area (Å²) in [5.74, 6) is -2.79. The molecule has 128 valence electrons. The molecule has 0 saturated heterocycles. The maximum Gasteiger partial charge on any atom is 0.242 e. The van der Waals surface area contributed by atoms with Crippen LogP contribution in [0.15, 0.2) is 42.5 Å². The van der Waals surface area contributed by atoms with Crippen LogP contribution in [0.1, 0.15) is 18.1 Å². The van der Waals surface area contributed by atoms with Crippen molar-refractivity contribution in [2.45, 2.75) is 24.9 Å². The fraction of sp³-hybridized carbons (Fsp3) is 0.235. The summed E-state index contributed by atoms with van der Waals surface area (Å²) in [7, 11) is -3.80. The Morgan fingerprint density at radius 1 is 1.17 bits per heavy atom. The van der Waals surface area contributed by atoms with Crippen molar-refractivity contribution in [2.75, 3.05) is 5.32 Å². The van der Waals surface area contributed by atoms with Crippen LogP contribution >= 0.6 is 0 Å². The second-order valence-electron chi connectivity index (χ2n) is 5.55. The van der Waals surface area contributed by atoms with E-state index in [0.29, 0.717) is 5.56 Å². The van der Waals surface area contributed by atoms with Gasteiger partial charge in [0, 0.05) is 6.07 Å². The zero-order valence-electron chi connectivity index (χ0n) is 13.2. The lowest BCUT2D eigenvalue weighted by Crippen LogP contribution is -2.33. The van der Waals surface area contributed by atoms with Gasteiger partial charge in [-0.2, -0.15) is 0 Å². The van der Waals surface area contributed by atoms with E-state index < -0.39 is 38.3 Å². The van der Waals surface area contributed by atoms with Crippen molar-refractivity contribution in [1.82, 2.24) is 0 Å². The highest BCUT2D eigenvalue weighted by molar-refractivity contribution is 7.92. The van der Waals surface area contributed by atoms with Crippen molar-refractivity contribution < 1.29 is 22.0 Å². The van der Waals surface area contributed by atoms with Gasteiger partial charge in [-0.3, -0.25) is 4.79 Å². The van der Waals surface area contributed by atoms with Gasteiger partial charge in [-0.15, -0.1) is 0 Å². The third-order valence-corrected chi connectivity index (χ3v) is 5.57. The zero-order valence-corrected chi connectivity index (χ0v) is 14.0. The van der Waals surface area contributed by atoms with Crippen LogP contribution in [-0.4, -0.2) is 19.6 Å². The molecule has 2 rings (SSSR count). The molecule has 0 saturated carbocycles. The summed E-state index contributed by atoms with van der Waals surface area (Å²) in [5.41, 5.74) is 1.07. The topological polar surface area (TPSA) is 63.2 Å². The van der Waals surface area contributed by atoms with Gasteiger partial charge in [0.15, 0.2) is 9.84 Å². The van der Waals surface area contributed by atoms with Gasteiger partial charge >= 0.3 is 0 Å². The molecule has 24 heavy (non-hydrogen) atoms. The molecule has 0 heterocycles. The predicted molar refractivity (Wildman–Crippen MR) is 88.3 cm³/mol. The van der Waals surface area contributed by atoms with Crippen LogP contribution in [0.25, 0.3) is 0 Å². The Labute approximate surface area is 139 Å². The first-order valence-corrected chi connectivity index (χ1v) is 8.93. The smallest absolute Gasteiger partial charge is 0.242 e. The van der Waals surface area contributed by atoms with Crippen LogP contribution in [0.4, 0.5) is 14.5 Å². The number of nitrogens with one attached hydrogen (secondary N) is 1. The van der Waals surface area contributed by atoms with Crippen molar-refractivity contribution in [1.29, 1.82) is 0 Å². The molecule has 0 bridgehead atoms. The molecule has 7 heteroatoms. The molecule has 1 unspecified atom stereocenters. The van der Waals surface area contributed by atoms with Crippen molar-refractivity contribution in [3.8, 4) is 0 Å². The van der Waals surface area contributed by atoms with Crippen molar-refractivity contribution in [2.24, 2.45) is 0 Å². The first kappa shape index (κ1) is 18.1. The molecule has 0 aliphatic heterocycles. The van der Waals surface area contributed by atoms with Gasteiger partial charge in [0.1, 0.15) is 16.9 Å². The number of aryl methyl sites for hydroxylation is 1. The highest BCUT2D eigenvalue weighted by Gasteiger charge is 2.28. The average Bonchev–Trinajstić information content (AvgIpc) is 2.49. The number of amides is 1. The van der Waals surface area contributed by atoms with Crippen LogP contribution in [0.2, 0.25) is 0 Å². The third kappa shape index (κ3) is 4.38. The Hall–Kier alpha value is -2.28. The minimum Gasteiger partial charge on any atom is -0.322 e. The molecule has 0 spiro atoms. The summed E-state index contributed by atoms with van der Waals surface area (Å²) in [5, 5.41) is 0.719. The van der Waals surface area contributed by atoms with Gasteiger partial charge < -0.3 is 5.32 Å². The monoisotopic (exact) mass is 353 g/mol. The van der Waals surface area contributed by atoms with Crippen LogP contribution in [0.3, 0.4) is 0 Å². The van der Waals surface area contributed by atoms with Crippen LogP contribution < -0.4 is 5.32 Å². The van der Waals surface area contributed by atoms with E-state index in [2.05, 4.69) is 5.32 Å². The zero-order chi connectivity index (χ0) is 17.9. The molecule has 0 fully saturated rings. The lowest BCUT2D eigenvalue weighted by Gasteiger charge is -2.14. The van der Waals surface area contributed by atoms with E-state index in [-0.39, 0.29) is 5.75 Å². The second kappa shape index (κ2) is 7.09. The summed E-state index contributed by atoms with van der Waals surface area (Å²) in [6.07, 6.45) is 0. The summed E-state index contributed by atoms with van der Waals surface area (Å²) >= 11 is 0. The van der Waals surface area contributed by atoms with Crippen molar-refractivity contribution >= 4 is 21.4 Å². The molecule has 0 radical (unpaired) electrons. The predicted octanol–water partition coefficient (Wildman–Crippen LogP) is 3.22. The number of benzene rings is 2. The fourth-order valence-electron chi connectivity index (χ4n) is 2.15. The Kier molecular flexibility index (Phi) is 5.33. The molecule has 2 aromatic rings. The van der Waals surface area contributed by atoms with Crippen molar-refractivity contribution in [3.63, 3.8) is 0 Å². The largest absolute Gasteiger partial charge is 0.322 e. The van der Waals surface area contributed by atoms with Crippen LogP contribution in [0.5, 0.6) is 0 Å². The lowest BCUT2D eigenvalue weighted by molar-refractivity contribution is -0.115. The highest BCUT2D eigenvalue weighted by Crippen LogP contribution is 2.18. The molecule has 1 N–H and O–H groups in total. The van der Waals surface area contributed by atoms with E-state index >= 15 is 0 Å². The normalized spacial score (nSPS) is 12.7. The summed E-state index contributed by atoms with van der Waals surface area (Å²) in [6.45, 7) is 3.05. The molecule has 4 nitrogen and oxygen atoms in total. The van der Waals surface area contributed by atoms with E-state index in [1.165, 1.54) is 6.92 Å². The third-order valence-electron chi connectivity index (χ3n) is 3.54. The number of sulfone groups is 1. The first-order valence-electron chi connectivity index (χ1n) is 7.22. The molecule has 0 aliphatic carbocycles. The van der Waals surface area contributed by atoms with Gasteiger partial charge in [0.25, 0.3) is 0 Å². The van der Waals surface area contributed by atoms with E-state index in [1.807, 2.05) is 13.0 Å². The Balaban J connectivity index is 2.15. The fourth-order valence-corrected chi connectivity index (χ4v) is 3.43. The number of carbonyl (C=O) groups is 1. The van der Waals surface area contributed by atoms with Crippen LogP contribution in [-0.2, 0) is 20.4 Å². The van der Waals surface area contributed by atoms with Gasteiger partial charge in [0.2, 0.25) is 5.91 Å². The maximum atomic E-state index is 13.6.